The summed E-state index contributed by atoms with van der Waals surface area (Å²) in [6.07, 6.45) is 0.995. The SMILES string of the molecule is COc1cc(C2NCCc3c2[nH]c2ccc(Br)cc32)c(Br)cc1OCc1ccccc1. The molecule has 4 aromatic rings. The Hall–Kier alpha value is -2.28. The fraction of sp³-hybridized carbons (Fsp3) is 0.200. The van der Waals surface area contributed by atoms with Crippen LogP contribution in [0.15, 0.2) is 69.6 Å². The Morgan fingerprint density at radius 3 is 2.65 bits per heavy atom. The first-order valence-corrected chi connectivity index (χ1v) is 11.8. The van der Waals surface area contributed by atoms with Crippen molar-refractivity contribution in [1.29, 1.82) is 0 Å². The molecule has 0 amide bonds. The van der Waals surface area contributed by atoms with E-state index in [1.165, 1.54) is 16.6 Å². The number of hydrogen-bond donors (Lipinski definition) is 2. The Labute approximate surface area is 198 Å². The second-order valence-corrected chi connectivity index (χ2v) is 9.41. The standard InChI is InChI=1S/C25H22Br2N2O2/c1-30-22-12-19(20(27)13-23(22)31-14-15-5-3-2-4-6-15)24-25-17(9-10-28-24)18-11-16(26)7-8-21(18)29-25/h2-8,11-13,24,28-29H,9-10,14H2,1H3. The van der Waals surface area contributed by atoms with E-state index in [0.29, 0.717) is 6.61 Å². The van der Waals surface area contributed by atoms with Crippen molar-refractivity contribution in [2.45, 2.75) is 19.1 Å². The summed E-state index contributed by atoms with van der Waals surface area (Å²) in [6, 6.07) is 20.7. The van der Waals surface area contributed by atoms with Gasteiger partial charge in [-0.25, -0.2) is 0 Å². The molecule has 0 spiro atoms. The van der Waals surface area contributed by atoms with Crippen LogP contribution in [0.5, 0.6) is 11.5 Å². The number of hydrogen-bond acceptors (Lipinski definition) is 3. The number of methoxy groups -OCH3 is 1. The number of aromatic amines is 1. The van der Waals surface area contributed by atoms with Crippen LogP contribution >= 0.6 is 31.9 Å². The van der Waals surface area contributed by atoms with Crippen LogP contribution < -0.4 is 14.8 Å². The first-order valence-electron chi connectivity index (χ1n) is 10.2. The van der Waals surface area contributed by atoms with Gasteiger partial charge in [0.1, 0.15) is 6.61 Å². The molecule has 1 aliphatic rings. The fourth-order valence-electron chi connectivity index (χ4n) is 4.25. The smallest absolute Gasteiger partial charge is 0.162 e. The van der Waals surface area contributed by atoms with Gasteiger partial charge in [0.05, 0.1) is 13.2 Å². The van der Waals surface area contributed by atoms with Crippen molar-refractivity contribution in [3.63, 3.8) is 0 Å². The highest BCUT2D eigenvalue weighted by Gasteiger charge is 2.28. The van der Waals surface area contributed by atoms with Crippen LogP contribution in [0.1, 0.15) is 28.4 Å². The van der Waals surface area contributed by atoms with Crippen molar-refractivity contribution in [2.75, 3.05) is 13.7 Å². The van der Waals surface area contributed by atoms with Gasteiger partial charge in [0.2, 0.25) is 0 Å². The van der Waals surface area contributed by atoms with Crippen LogP contribution in [0.25, 0.3) is 10.9 Å². The molecule has 0 radical (unpaired) electrons. The number of nitrogens with one attached hydrogen (secondary N) is 2. The summed E-state index contributed by atoms with van der Waals surface area (Å²) in [6.45, 7) is 1.41. The molecule has 0 saturated heterocycles. The van der Waals surface area contributed by atoms with E-state index in [0.717, 1.165) is 50.1 Å². The zero-order valence-corrected chi connectivity index (χ0v) is 20.2. The summed E-state index contributed by atoms with van der Waals surface area (Å²) in [5.41, 5.74) is 5.98. The maximum Gasteiger partial charge on any atom is 0.162 e. The van der Waals surface area contributed by atoms with Crippen molar-refractivity contribution >= 4 is 42.8 Å². The predicted octanol–water partition coefficient (Wildman–Crippen LogP) is 6.52. The van der Waals surface area contributed by atoms with E-state index in [4.69, 9.17) is 9.47 Å². The molecule has 3 aromatic carbocycles. The predicted molar refractivity (Wildman–Crippen MR) is 131 cm³/mol. The van der Waals surface area contributed by atoms with Gasteiger partial charge in [-0.2, -0.15) is 0 Å². The lowest BCUT2D eigenvalue weighted by Crippen LogP contribution is -2.30. The second kappa shape index (κ2) is 8.69. The van der Waals surface area contributed by atoms with Crippen molar-refractivity contribution < 1.29 is 9.47 Å². The third-order valence-corrected chi connectivity index (χ3v) is 6.92. The van der Waals surface area contributed by atoms with E-state index >= 15 is 0 Å². The van der Waals surface area contributed by atoms with Gasteiger partial charge in [-0.15, -0.1) is 0 Å². The minimum absolute atomic E-state index is 0.0429. The first-order chi connectivity index (χ1) is 15.1. The molecular weight excluding hydrogens is 520 g/mol. The molecule has 6 heteroatoms. The molecule has 4 nitrogen and oxygen atoms in total. The third kappa shape index (κ3) is 4.00. The van der Waals surface area contributed by atoms with Gasteiger partial charge >= 0.3 is 0 Å². The maximum absolute atomic E-state index is 6.08. The molecule has 1 unspecified atom stereocenters. The summed E-state index contributed by atoms with van der Waals surface area (Å²) in [4.78, 5) is 3.64. The van der Waals surface area contributed by atoms with Gasteiger partial charge in [0, 0.05) is 32.1 Å². The zero-order chi connectivity index (χ0) is 21.4. The average Bonchev–Trinajstić information content (AvgIpc) is 3.16. The van der Waals surface area contributed by atoms with Crippen LogP contribution in [0.2, 0.25) is 0 Å². The van der Waals surface area contributed by atoms with Crippen molar-refractivity contribution in [3.8, 4) is 11.5 Å². The number of aromatic nitrogens is 1. The van der Waals surface area contributed by atoms with Crippen LogP contribution in [0.3, 0.4) is 0 Å². The second-order valence-electron chi connectivity index (χ2n) is 7.64. The minimum Gasteiger partial charge on any atom is -0.493 e. The fourth-order valence-corrected chi connectivity index (χ4v) is 5.16. The number of halogens is 2. The average molecular weight is 542 g/mol. The number of ether oxygens (including phenoxy) is 2. The Balaban J connectivity index is 1.50. The minimum atomic E-state index is 0.0429. The Kier molecular flexibility index (Phi) is 5.78. The van der Waals surface area contributed by atoms with E-state index in [2.05, 4.69) is 78.6 Å². The highest BCUT2D eigenvalue weighted by molar-refractivity contribution is 9.10. The van der Waals surface area contributed by atoms with E-state index < -0.39 is 0 Å². The number of rotatable bonds is 5. The molecule has 2 heterocycles. The van der Waals surface area contributed by atoms with Gasteiger partial charge in [0.15, 0.2) is 11.5 Å². The lowest BCUT2D eigenvalue weighted by molar-refractivity contribution is 0.284. The molecular formula is C25H22Br2N2O2. The van der Waals surface area contributed by atoms with Crippen molar-refractivity contribution in [1.82, 2.24) is 10.3 Å². The van der Waals surface area contributed by atoms with Crippen LogP contribution in [-0.4, -0.2) is 18.6 Å². The third-order valence-electron chi connectivity index (χ3n) is 5.74. The molecule has 0 saturated carbocycles. The summed E-state index contributed by atoms with van der Waals surface area (Å²) < 4.78 is 13.9. The van der Waals surface area contributed by atoms with Crippen LogP contribution in [0.4, 0.5) is 0 Å². The topological polar surface area (TPSA) is 46.3 Å². The first kappa shape index (κ1) is 20.6. The van der Waals surface area contributed by atoms with Gasteiger partial charge in [-0.1, -0.05) is 62.2 Å². The number of benzene rings is 3. The van der Waals surface area contributed by atoms with Crippen LogP contribution in [-0.2, 0) is 13.0 Å². The quantitative estimate of drug-likeness (QED) is 0.302. The summed E-state index contributed by atoms with van der Waals surface area (Å²) in [7, 11) is 1.68. The van der Waals surface area contributed by atoms with Crippen LogP contribution in [0, 0.1) is 0 Å². The number of H-pyrrole nitrogens is 1. The van der Waals surface area contributed by atoms with Gasteiger partial charge < -0.3 is 19.8 Å². The molecule has 1 atom stereocenters. The van der Waals surface area contributed by atoms with Gasteiger partial charge in [0.25, 0.3) is 0 Å². The molecule has 0 fully saturated rings. The molecule has 1 aromatic heterocycles. The van der Waals surface area contributed by atoms with E-state index in [-0.39, 0.29) is 6.04 Å². The molecule has 1 aliphatic heterocycles. The molecule has 158 valence electrons. The Bertz CT molecular complexity index is 1240. The summed E-state index contributed by atoms with van der Waals surface area (Å²) >= 11 is 7.39. The zero-order valence-electron chi connectivity index (χ0n) is 17.0. The summed E-state index contributed by atoms with van der Waals surface area (Å²) in [5.74, 6) is 1.44. The van der Waals surface area contributed by atoms with Crippen molar-refractivity contribution in [2.24, 2.45) is 0 Å². The highest BCUT2D eigenvalue weighted by atomic mass is 79.9. The molecule has 5 rings (SSSR count). The number of fused-ring (bicyclic) bond motifs is 3. The maximum atomic E-state index is 6.08. The lowest BCUT2D eigenvalue weighted by atomic mass is 9.94. The lowest BCUT2D eigenvalue weighted by Gasteiger charge is -2.26. The van der Waals surface area contributed by atoms with Gasteiger partial charge in [-0.3, -0.25) is 0 Å². The normalized spacial score (nSPS) is 15.6. The monoisotopic (exact) mass is 540 g/mol. The van der Waals surface area contributed by atoms with E-state index in [1.54, 1.807) is 7.11 Å². The van der Waals surface area contributed by atoms with E-state index in [9.17, 15) is 0 Å². The molecule has 0 bridgehead atoms. The summed E-state index contributed by atoms with van der Waals surface area (Å²) in [5, 5.41) is 4.95. The molecule has 0 aliphatic carbocycles. The molecule has 31 heavy (non-hydrogen) atoms. The van der Waals surface area contributed by atoms with Gasteiger partial charge in [-0.05, 0) is 53.4 Å². The Morgan fingerprint density at radius 2 is 1.84 bits per heavy atom. The Morgan fingerprint density at radius 1 is 1.00 bits per heavy atom. The highest BCUT2D eigenvalue weighted by Crippen LogP contribution is 2.41. The van der Waals surface area contributed by atoms with Crippen molar-refractivity contribution in [3.05, 3.63) is 92.0 Å². The largest absolute Gasteiger partial charge is 0.493 e. The van der Waals surface area contributed by atoms with E-state index in [1.807, 2.05) is 24.3 Å². The molecule has 2 N–H and O–H groups in total.